The second-order valence-corrected chi connectivity index (χ2v) is 8.36. The lowest BCUT2D eigenvalue weighted by Gasteiger charge is -2.15. The topological polar surface area (TPSA) is 87.6 Å². The van der Waals surface area contributed by atoms with E-state index in [1.165, 1.54) is 10.6 Å². The lowest BCUT2D eigenvalue weighted by Crippen LogP contribution is -2.27. The summed E-state index contributed by atoms with van der Waals surface area (Å²) < 4.78 is 24.9. The fourth-order valence-electron chi connectivity index (χ4n) is 3.24. The van der Waals surface area contributed by atoms with Crippen LogP contribution in [0.15, 0.2) is 42.6 Å². The number of carboxylic acid groups (broad SMARTS) is 1. The van der Waals surface area contributed by atoms with E-state index in [2.05, 4.69) is 4.98 Å². The van der Waals surface area contributed by atoms with E-state index in [9.17, 15) is 18.3 Å². The number of hydrogen-bond acceptors (Lipinski definition) is 4. The molecule has 7 heteroatoms. The van der Waals surface area contributed by atoms with E-state index in [4.69, 9.17) is 0 Å². The van der Waals surface area contributed by atoms with Gasteiger partial charge in [0.15, 0.2) is 0 Å². The van der Waals surface area contributed by atoms with Crippen molar-refractivity contribution in [2.45, 2.75) is 12.8 Å². The van der Waals surface area contributed by atoms with Gasteiger partial charge in [-0.3, -0.25) is 4.98 Å². The van der Waals surface area contributed by atoms with Crippen molar-refractivity contribution in [1.82, 2.24) is 9.29 Å². The van der Waals surface area contributed by atoms with Crippen LogP contribution in [0.1, 0.15) is 22.3 Å². The minimum atomic E-state index is -3.15. The number of carboxylic acids is 1. The molecular formula is C18H20N2O4S. The monoisotopic (exact) mass is 360 g/mol. The third-order valence-corrected chi connectivity index (χ3v) is 5.77. The zero-order valence-electron chi connectivity index (χ0n) is 13.9. The first-order valence-electron chi connectivity index (χ1n) is 8.07. The van der Waals surface area contributed by atoms with Gasteiger partial charge in [0, 0.05) is 24.8 Å². The quantitative estimate of drug-likeness (QED) is 0.884. The molecule has 1 aliphatic rings. The Labute approximate surface area is 147 Å². The van der Waals surface area contributed by atoms with Gasteiger partial charge in [-0.05, 0) is 42.5 Å². The number of carbonyl (C=O) groups is 1. The van der Waals surface area contributed by atoms with E-state index >= 15 is 0 Å². The molecule has 0 spiro atoms. The summed E-state index contributed by atoms with van der Waals surface area (Å²) in [6.07, 6.45) is 4.45. The van der Waals surface area contributed by atoms with Gasteiger partial charge in [0.05, 0.1) is 17.5 Å². The number of aromatic nitrogens is 1. The molecule has 1 aliphatic heterocycles. The molecule has 1 aromatic heterocycles. The molecule has 1 saturated heterocycles. The van der Waals surface area contributed by atoms with Crippen LogP contribution in [0.3, 0.4) is 0 Å². The Morgan fingerprint density at radius 1 is 1.32 bits per heavy atom. The standard InChI is InChI=1S/C18H20N2O4S/c1-25(23,24)20-9-7-13(12-20)10-14-6-3-8-19-17(14)15-4-2-5-16(11-15)18(21)22/h2-6,8,11,13H,7,9-10,12H2,1H3,(H,21,22)/t13-/m0/s1. The summed E-state index contributed by atoms with van der Waals surface area (Å²) in [5, 5.41) is 9.18. The molecule has 6 nitrogen and oxygen atoms in total. The predicted molar refractivity (Wildman–Crippen MR) is 94.9 cm³/mol. The Morgan fingerprint density at radius 3 is 2.80 bits per heavy atom. The summed E-state index contributed by atoms with van der Waals surface area (Å²) in [4.78, 5) is 15.6. The highest BCUT2D eigenvalue weighted by molar-refractivity contribution is 7.88. The number of rotatable bonds is 5. The fourth-order valence-corrected chi connectivity index (χ4v) is 4.16. The Bertz CT molecular complexity index is 895. The van der Waals surface area contributed by atoms with Crippen LogP contribution in [0.25, 0.3) is 11.3 Å². The summed E-state index contributed by atoms with van der Waals surface area (Å²) in [6.45, 7) is 1.07. The molecule has 132 valence electrons. The number of benzene rings is 1. The Morgan fingerprint density at radius 2 is 2.12 bits per heavy atom. The average molecular weight is 360 g/mol. The van der Waals surface area contributed by atoms with E-state index in [-0.39, 0.29) is 11.5 Å². The first kappa shape index (κ1) is 17.6. The normalized spacial score (nSPS) is 18.4. The zero-order chi connectivity index (χ0) is 18.0. The number of pyridine rings is 1. The average Bonchev–Trinajstić information content (AvgIpc) is 3.04. The molecule has 0 bridgehead atoms. The molecule has 1 fully saturated rings. The highest BCUT2D eigenvalue weighted by Crippen LogP contribution is 2.28. The van der Waals surface area contributed by atoms with Gasteiger partial charge in [-0.15, -0.1) is 0 Å². The summed E-state index contributed by atoms with van der Waals surface area (Å²) in [7, 11) is -3.15. The Kier molecular flexibility index (Phi) is 4.87. The first-order valence-corrected chi connectivity index (χ1v) is 9.92. The van der Waals surface area contributed by atoms with E-state index < -0.39 is 16.0 Å². The molecular weight excluding hydrogens is 340 g/mol. The van der Waals surface area contributed by atoms with E-state index in [0.717, 1.165) is 23.2 Å². The number of nitrogens with zero attached hydrogens (tertiary/aromatic N) is 2. The molecule has 0 radical (unpaired) electrons. The highest BCUT2D eigenvalue weighted by atomic mass is 32.2. The molecule has 0 aliphatic carbocycles. The van der Waals surface area contributed by atoms with Crippen LogP contribution in [0.2, 0.25) is 0 Å². The summed E-state index contributed by atoms with van der Waals surface area (Å²) in [5.41, 5.74) is 2.74. The third kappa shape index (κ3) is 4.05. The van der Waals surface area contributed by atoms with Crippen molar-refractivity contribution < 1.29 is 18.3 Å². The van der Waals surface area contributed by atoms with Gasteiger partial charge in [0.2, 0.25) is 10.0 Å². The Hall–Kier alpha value is -2.25. The predicted octanol–water partition coefficient (Wildman–Crippen LogP) is 2.27. The van der Waals surface area contributed by atoms with Gasteiger partial charge in [0.25, 0.3) is 0 Å². The van der Waals surface area contributed by atoms with Crippen molar-refractivity contribution >= 4 is 16.0 Å². The van der Waals surface area contributed by atoms with Crippen molar-refractivity contribution in [3.63, 3.8) is 0 Å². The smallest absolute Gasteiger partial charge is 0.335 e. The van der Waals surface area contributed by atoms with Gasteiger partial charge < -0.3 is 5.11 Å². The maximum Gasteiger partial charge on any atom is 0.335 e. The van der Waals surface area contributed by atoms with Crippen molar-refractivity contribution in [3.8, 4) is 11.3 Å². The van der Waals surface area contributed by atoms with Gasteiger partial charge in [0.1, 0.15) is 0 Å². The molecule has 0 unspecified atom stereocenters. The van der Waals surface area contributed by atoms with Crippen LogP contribution >= 0.6 is 0 Å². The molecule has 0 amide bonds. The highest BCUT2D eigenvalue weighted by Gasteiger charge is 2.29. The fraction of sp³-hybridized carbons (Fsp3) is 0.333. The van der Waals surface area contributed by atoms with Crippen LogP contribution in [0.4, 0.5) is 0 Å². The maximum absolute atomic E-state index is 11.7. The maximum atomic E-state index is 11.7. The van der Waals surface area contributed by atoms with Gasteiger partial charge in [-0.1, -0.05) is 18.2 Å². The van der Waals surface area contributed by atoms with Crippen LogP contribution in [0, 0.1) is 5.92 Å². The summed E-state index contributed by atoms with van der Waals surface area (Å²) in [6, 6.07) is 10.5. The summed E-state index contributed by atoms with van der Waals surface area (Å²) >= 11 is 0. The van der Waals surface area contributed by atoms with Crippen LogP contribution in [-0.4, -0.2) is 48.1 Å². The molecule has 2 heterocycles. The van der Waals surface area contributed by atoms with Crippen LogP contribution in [0.5, 0.6) is 0 Å². The summed E-state index contributed by atoms with van der Waals surface area (Å²) in [5.74, 6) is -0.737. The minimum absolute atomic E-state index is 0.221. The van der Waals surface area contributed by atoms with Crippen LogP contribution < -0.4 is 0 Å². The van der Waals surface area contributed by atoms with Gasteiger partial charge in [-0.25, -0.2) is 17.5 Å². The first-order chi connectivity index (χ1) is 11.8. The number of hydrogen-bond donors (Lipinski definition) is 1. The van der Waals surface area contributed by atoms with Crippen molar-refractivity contribution in [1.29, 1.82) is 0 Å². The van der Waals surface area contributed by atoms with Gasteiger partial charge in [-0.2, -0.15) is 0 Å². The van der Waals surface area contributed by atoms with E-state index in [1.54, 1.807) is 24.4 Å². The molecule has 25 heavy (non-hydrogen) atoms. The second kappa shape index (κ2) is 6.93. The molecule has 0 saturated carbocycles. The molecule has 3 rings (SSSR count). The Balaban J connectivity index is 1.85. The van der Waals surface area contributed by atoms with Crippen molar-refractivity contribution in [2.75, 3.05) is 19.3 Å². The lowest BCUT2D eigenvalue weighted by molar-refractivity contribution is 0.0697. The molecule has 1 aromatic carbocycles. The van der Waals surface area contributed by atoms with Gasteiger partial charge >= 0.3 is 5.97 Å². The van der Waals surface area contributed by atoms with E-state index in [0.29, 0.717) is 19.5 Å². The van der Waals surface area contributed by atoms with Crippen molar-refractivity contribution in [3.05, 3.63) is 53.7 Å². The third-order valence-electron chi connectivity index (χ3n) is 4.50. The number of sulfonamides is 1. The number of aromatic carboxylic acids is 1. The second-order valence-electron chi connectivity index (χ2n) is 6.38. The minimum Gasteiger partial charge on any atom is -0.478 e. The van der Waals surface area contributed by atoms with Crippen LogP contribution in [-0.2, 0) is 16.4 Å². The largest absolute Gasteiger partial charge is 0.478 e. The molecule has 1 N–H and O–H groups in total. The zero-order valence-corrected chi connectivity index (χ0v) is 14.7. The van der Waals surface area contributed by atoms with E-state index in [1.807, 2.05) is 18.2 Å². The molecule has 1 atom stereocenters. The SMILES string of the molecule is CS(=O)(=O)N1CC[C@@H](Cc2cccnc2-c2cccc(C(=O)O)c2)C1. The van der Waals surface area contributed by atoms with Crippen molar-refractivity contribution in [2.24, 2.45) is 5.92 Å². The lowest BCUT2D eigenvalue weighted by atomic mass is 9.94. The molecule has 2 aromatic rings.